The molecule has 0 amide bonds. The first-order valence-corrected chi connectivity index (χ1v) is 6.28. The van der Waals surface area contributed by atoms with Crippen molar-refractivity contribution in [3.8, 4) is 5.75 Å². The summed E-state index contributed by atoms with van der Waals surface area (Å²) in [7, 11) is 0. The average molecular weight is 252 g/mol. The standard InChI is InChI=1S/C14H20O4/c1-2-13(16)11-3-5-12(6-4-11)18-10-14(7-15)8-17-9-14/h3-6,13,15-16H,2,7-10H2,1H3. The zero-order valence-corrected chi connectivity index (χ0v) is 10.6. The van der Waals surface area contributed by atoms with Gasteiger partial charge in [-0.05, 0) is 24.1 Å². The van der Waals surface area contributed by atoms with Gasteiger partial charge in [-0.25, -0.2) is 0 Å². The van der Waals surface area contributed by atoms with Gasteiger partial charge >= 0.3 is 0 Å². The molecule has 18 heavy (non-hydrogen) atoms. The van der Waals surface area contributed by atoms with Crippen LogP contribution < -0.4 is 4.74 Å². The summed E-state index contributed by atoms with van der Waals surface area (Å²) >= 11 is 0. The Bertz CT molecular complexity index is 364. The second-order valence-corrected chi connectivity index (χ2v) is 4.93. The summed E-state index contributed by atoms with van der Waals surface area (Å²) in [4.78, 5) is 0. The molecule has 4 nitrogen and oxygen atoms in total. The molecule has 1 aromatic rings. The maximum atomic E-state index is 9.67. The summed E-state index contributed by atoms with van der Waals surface area (Å²) in [5, 5.41) is 18.9. The van der Waals surface area contributed by atoms with E-state index in [0.717, 1.165) is 11.3 Å². The van der Waals surface area contributed by atoms with E-state index in [4.69, 9.17) is 9.47 Å². The fourth-order valence-corrected chi connectivity index (χ4v) is 1.87. The minimum absolute atomic E-state index is 0.0830. The van der Waals surface area contributed by atoms with Crippen LogP contribution in [0.1, 0.15) is 25.0 Å². The van der Waals surface area contributed by atoms with Crippen molar-refractivity contribution in [3.63, 3.8) is 0 Å². The molecule has 0 aliphatic carbocycles. The van der Waals surface area contributed by atoms with Crippen molar-refractivity contribution >= 4 is 0 Å². The molecule has 1 atom stereocenters. The van der Waals surface area contributed by atoms with Crippen LogP contribution >= 0.6 is 0 Å². The molecule has 0 bridgehead atoms. The Balaban J connectivity index is 1.90. The first-order chi connectivity index (χ1) is 8.69. The molecule has 0 spiro atoms. The van der Waals surface area contributed by atoms with Gasteiger partial charge in [0.1, 0.15) is 12.4 Å². The number of hydrogen-bond donors (Lipinski definition) is 2. The molecule has 4 heteroatoms. The number of benzene rings is 1. The second-order valence-electron chi connectivity index (χ2n) is 4.93. The highest BCUT2D eigenvalue weighted by atomic mass is 16.5. The van der Waals surface area contributed by atoms with Gasteiger partial charge < -0.3 is 19.7 Å². The van der Waals surface area contributed by atoms with E-state index >= 15 is 0 Å². The topological polar surface area (TPSA) is 58.9 Å². The molecular formula is C14H20O4. The third-order valence-corrected chi connectivity index (χ3v) is 3.35. The van der Waals surface area contributed by atoms with E-state index in [1.54, 1.807) is 0 Å². The maximum absolute atomic E-state index is 9.67. The van der Waals surface area contributed by atoms with Crippen molar-refractivity contribution in [1.82, 2.24) is 0 Å². The van der Waals surface area contributed by atoms with Crippen molar-refractivity contribution < 1.29 is 19.7 Å². The van der Waals surface area contributed by atoms with Crippen LogP contribution in [-0.4, -0.2) is 36.6 Å². The molecule has 1 saturated heterocycles. The second kappa shape index (κ2) is 5.69. The molecule has 1 aromatic carbocycles. The normalized spacial score (nSPS) is 19.1. The zero-order valence-electron chi connectivity index (χ0n) is 10.6. The van der Waals surface area contributed by atoms with Crippen LogP contribution in [0.4, 0.5) is 0 Å². The highest BCUT2D eigenvalue weighted by Gasteiger charge is 2.39. The SMILES string of the molecule is CCC(O)c1ccc(OCC2(CO)COC2)cc1. The molecule has 2 N–H and O–H groups in total. The molecular weight excluding hydrogens is 232 g/mol. The average Bonchev–Trinajstić information content (AvgIpc) is 2.38. The smallest absolute Gasteiger partial charge is 0.119 e. The zero-order chi connectivity index (χ0) is 13.0. The molecule has 1 heterocycles. The molecule has 1 fully saturated rings. The van der Waals surface area contributed by atoms with Crippen molar-refractivity contribution in [2.75, 3.05) is 26.4 Å². The monoisotopic (exact) mass is 252 g/mol. The Morgan fingerprint density at radius 2 is 2.00 bits per heavy atom. The van der Waals surface area contributed by atoms with E-state index in [-0.39, 0.29) is 12.0 Å². The summed E-state index contributed by atoms with van der Waals surface area (Å²) in [6, 6.07) is 7.43. The van der Waals surface area contributed by atoms with Crippen molar-refractivity contribution in [2.24, 2.45) is 5.41 Å². The predicted molar refractivity (Wildman–Crippen MR) is 67.5 cm³/mol. The van der Waals surface area contributed by atoms with Gasteiger partial charge in [-0.1, -0.05) is 19.1 Å². The quantitative estimate of drug-likeness (QED) is 0.806. The number of aliphatic hydroxyl groups excluding tert-OH is 2. The molecule has 2 rings (SSSR count). The highest BCUT2D eigenvalue weighted by Crippen LogP contribution is 2.28. The van der Waals surface area contributed by atoms with E-state index < -0.39 is 6.10 Å². The van der Waals surface area contributed by atoms with Crippen LogP contribution in [0.15, 0.2) is 24.3 Å². The number of hydrogen-bond acceptors (Lipinski definition) is 4. The largest absolute Gasteiger partial charge is 0.493 e. The first kappa shape index (κ1) is 13.3. The van der Waals surface area contributed by atoms with Gasteiger partial charge in [-0.3, -0.25) is 0 Å². The Morgan fingerprint density at radius 1 is 1.33 bits per heavy atom. The van der Waals surface area contributed by atoms with Crippen LogP contribution in [0.5, 0.6) is 5.75 Å². The van der Waals surface area contributed by atoms with E-state index in [2.05, 4.69) is 0 Å². The van der Waals surface area contributed by atoms with Crippen molar-refractivity contribution in [1.29, 1.82) is 0 Å². The lowest BCUT2D eigenvalue weighted by Gasteiger charge is -2.39. The van der Waals surface area contributed by atoms with Crippen LogP contribution in [-0.2, 0) is 4.74 Å². The lowest BCUT2D eigenvalue weighted by Crippen LogP contribution is -2.49. The predicted octanol–water partition coefficient (Wildman–Crippen LogP) is 1.52. The summed E-state index contributed by atoms with van der Waals surface area (Å²) in [5.74, 6) is 0.752. The fourth-order valence-electron chi connectivity index (χ4n) is 1.87. The molecule has 1 unspecified atom stereocenters. The third-order valence-electron chi connectivity index (χ3n) is 3.35. The van der Waals surface area contributed by atoms with Gasteiger partial charge in [0.15, 0.2) is 0 Å². The van der Waals surface area contributed by atoms with Crippen LogP contribution in [0.2, 0.25) is 0 Å². The molecule has 0 saturated carbocycles. The Hall–Kier alpha value is -1.10. The van der Waals surface area contributed by atoms with Crippen LogP contribution in [0.3, 0.4) is 0 Å². The number of ether oxygens (including phenoxy) is 2. The lowest BCUT2D eigenvalue weighted by atomic mass is 9.88. The van der Waals surface area contributed by atoms with Gasteiger partial charge in [0.05, 0.1) is 31.3 Å². The molecule has 0 radical (unpaired) electrons. The minimum atomic E-state index is -0.414. The molecule has 100 valence electrons. The number of rotatable bonds is 6. The summed E-state index contributed by atoms with van der Waals surface area (Å²) in [5.41, 5.74) is 0.662. The van der Waals surface area contributed by atoms with Crippen LogP contribution in [0, 0.1) is 5.41 Å². The summed E-state index contributed by atoms with van der Waals surface area (Å²) < 4.78 is 10.8. The van der Waals surface area contributed by atoms with E-state index in [9.17, 15) is 10.2 Å². The Labute approximate surface area is 107 Å². The van der Waals surface area contributed by atoms with E-state index in [1.807, 2.05) is 31.2 Å². The Morgan fingerprint density at radius 3 is 2.44 bits per heavy atom. The molecule has 0 aromatic heterocycles. The highest BCUT2D eigenvalue weighted by molar-refractivity contribution is 5.28. The summed E-state index contributed by atoms with van der Waals surface area (Å²) in [6.07, 6.45) is 0.286. The third kappa shape index (κ3) is 2.83. The fraction of sp³-hybridized carbons (Fsp3) is 0.571. The van der Waals surface area contributed by atoms with Crippen LogP contribution in [0.25, 0.3) is 0 Å². The first-order valence-electron chi connectivity index (χ1n) is 6.28. The number of aliphatic hydroxyl groups is 2. The van der Waals surface area contributed by atoms with Gasteiger partial charge in [-0.15, -0.1) is 0 Å². The molecule has 1 aliphatic rings. The van der Waals surface area contributed by atoms with Gasteiger partial charge in [0, 0.05) is 0 Å². The maximum Gasteiger partial charge on any atom is 0.119 e. The van der Waals surface area contributed by atoms with Crippen molar-refractivity contribution in [2.45, 2.75) is 19.4 Å². The van der Waals surface area contributed by atoms with E-state index in [1.165, 1.54) is 0 Å². The van der Waals surface area contributed by atoms with E-state index in [0.29, 0.717) is 26.2 Å². The lowest BCUT2D eigenvalue weighted by molar-refractivity contribution is -0.153. The molecule has 1 aliphatic heterocycles. The minimum Gasteiger partial charge on any atom is -0.493 e. The summed E-state index contributed by atoms with van der Waals surface area (Å²) in [6.45, 7) is 3.59. The van der Waals surface area contributed by atoms with Gasteiger partial charge in [0.25, 0.3) is 0 Å². The van der Waals surface area contributed by atoms with Gasteiger partial charge in [0.2, 0.25) is 0 Å². The Kier molecular flexibility index (Phi) is 4.22. The van der Waals surface area contributed by atoms with Crippen molar-refractivity contribution in [3.05, 3.63) is 29.8 Å². The van der Waals surface area contributed by atoms with Gasteiger partial charge in [-0.2, -0.15) is 0 Å².